The lowest BCUT2D eigenvalue weighted by Gasteiger charge is -2.47. The van der Waals surface area contributed by atoms with Gasteiger partial charge in [-0.1, -0.05) is 26.0 Å². The second-order valence-electron chi connectivity index (χ2n) is 17.5. The van der Waals surface area contributed by atoms with Crippen LogP contribution in [0.5, 0.6) is 17.5 Å². The fraction of sp³-hybridized carbons (Fsp3) is 0.634. The van der Waals surface area contributed by atoms with E-state index in [1.54, 1.807) is 43.3 Å². The zero-order chi connectivity index (χ0) is 45.0. The van der Waals surface area contributed by atoms with Crippen LogP contribution in [0.25, 0.3) is 10.8 Å². The molecule has 0 bridgehead atoms. The molecular weight excluding hydrogens is 831 g/mol. The fourth-order valence-corrected chi connectivity index (χ4v) is 10.1. The zero-order valence-electron chi connectivity index (χ0n) is 35.0. The maximum atomic E-state index is 15.4. The molecule has 0 unspecified atom stereocenters. The number of ether oxygens (including phenoxy) is 3. The molecule has 1 aromatic carbocycles. The molecule has 7 atom stereocenters. The van der Waals surface area contributed by atoms with Gasteiger partial charge in [-0.3, -0.25) is 24.0 Å². The Morgan fingerprint density at radius 2 is 1.77 bits per heavy atom. The molecule has 20 heteroatoms. The minimum Gasteiger partial charge on any atom is -0.497 e. The monoisotopic (exact) mass is 883 g/mol. The Balaban J connectivity index is 1.44. The molecule has 0 radical (unpaired) electrons. The predicted molar refractivity (Wildman–Crippen MR) is 213 cm³/mol. The summed E-state index contributed by atoms with van der Waals surface area (Å²) in [7, 11) is -2.03. The van der Waals surface area contributed by atoms with E-state index in [9.17, 15) is 36.7 Å². The molecule has 6 rings (SSSR count). The lowest BCUT2D eigenvalue weighted by molar-refractivity contribution is -0.156. The van der Waals surface area contributed by atoms with E-state index in [1.807, 2.05) is 11.6 Å². The first-order chi connectivity index (χ1) is 28.4. The number of nitrogens with zero attached hydrogens (tertiary/aromatic N) is 3. The van der Waals surface area contributed by atoms with E-state index >= 15 is 13.6 Å². The van der Waals surface area contributed by atoms with Crippen molar-refractivity contribution in [1.82, 2.24) is 24.8 Å². The van der Waals surface area contributed by atoms with Crippen molar-refractivity contribution in [2.24, 2.45) is 17.8 Å². The van der Waals surface area contributed by atoms with Gasteiger partial charge < -0.3 is 29.5 Å². The number of halogens is 4. The molecule has 2 saturated carbocycles. The van der Waals surface area contributed by atoms with Gasteiger partial charge in [0.25, 0.3) is 18.3 Å². The second-order valence-corrected chi connectivity index (χ2v) is 19.5. The van der Waals surface area contributed by atoms with Crippen LogP contribution in [0, 0.1) is 17.8 Å². The molecule has 61 heavy (non-hydrogen) atoms. The molecule has 3 heterocycles. The molecule has 4 amide bonds. The molecule has 336 valence electrons. The Hall–Kier alpha value is -4.88. The lowest BCUT2D eigenvalue weighted by Crippen LogP contribution is -2.66. The van der Waals surface area contributed by atoms with E-state index in [4.69, 9.17) is 14.2 Å². The van der Waals surface area contributed by atoms with E-state index in [0.717, 1.165) is 18.7 Å². The van der Waals surface area contributed by atoms with Crippen molar-refractivity contribution in [3.05, 3.63) is 36.4 Å². The number of amides is 4. The summed E-state index contributed by atoms with van der Waals surface area (Å²) < 4.78 is 102. The number of aromatic nitrogens is 1. The Labute approximate surface area is 351 Å². The Kier molecular flexibility index (Phi) is 12.3. The van der Waals surface area contributed by atoms with Gasteiger partial charge in [0.15, 0.2) is 4.75 Å². The standard InChI is InChI=1S/C41H53F4N5O10S/c1-22-10-8-9-11-25-20-41(25,36(53)48-61(56,57)40(14-15-40)35(42)43)47-32(51)29-19-27(60-33-28-13-12-26(58-6)17-24(28)18-30(46-33)59-7)21-49(29)34(52)31(23(2)16-22)50(37(54)55)38(3,4)39(5,44)45/h9,11-13,17-18,22-23,25,27,29,31,35H,8,10,14-16,19-21H2,1-7H3,(H,47,51)(H,48,53)(H,54,55)/t22-,23-,25-,27-,29+,31+,41-/m1/s1. The van der Waals surface area contributed by atoms with E-state index in [0.29, 0.717) is 41.2 Å². The molecule has 4 aliphatic rings. The summed E-state index contributed by atoms with van der Waals surface area (Å²) in [4.78, 5) is 62.8. The summed E-state index contributed by atoms with van der Waals surface area (Å²) >= 11 is 0. The van der Waals surface area contributed by atoms with Crippen molar-refractivity contribution >= 4 is 44.6 Å². The number of methoxy groups -OCH3 is 2. The van der Waals surface area contributed by atoms with Gasteiger partial charge in [-0.25, -0.2) is 30.8 Å². The average molecular weight is 884 g/mol. The van der Waals surface area contributed by atoms with Crippen LogP contribution in [0.2, 0.25) is 0 Å². The summed E-state index contributed by atoms with van der Waals surface area (Å²) in [5.74, 6) is -7.95. The summed E-state index contributed by atoms with van der Waals surface area (Å²) in [6, 6.07) is 3.40. The van der Waals surface area contributed by atoms with Crippen LogP contribution in [0.1, 0.15) is 79.6 Å². The highest BCUT2D eigenvalue weighted by molar-refractivity contribution is 7.91. The molecule has 15 nitrogen and oxygen atoms in total. The molecule has 3 fully saturated rings. The highest BCUT2D eigenvalue weighted by Gasteiger charge is 2.66. The zero-order valence-corrected chi connectivity index (χ0v) is 35.9. The number of pyridine rings is 1. The maximum absolute atomic E-state index is 15.4. The number of carbonyl (C=O) groups excluding carboxylic acids is 3. The molecule has 1 aromatic heterocycles. The number of fused-ring (bicyclic) bond motifs is 3. The maximum Gasteiger partial charge on any atom is 0.408 e. The number of nitrogens with one attached hydrogen (secondary N) is 2. The van der Waals surface area contributed by atoms with E-state index in [-0.39, 0.29) is 56.3 Å². The van der Waals surface area contributed by atoms with Gasteiger partial charge in [-0.2, -0.15) is 4.98 Å². The molecule has 1 saturated heterocycles. The number of allylic oxidation sites excluding steroid dienone is 1. The van der Waals surface area contributed by atoms with Gasteiger partial charge in [0.2, 0.25) is 33.6 Å². The third-order valence-corrected chi connectivity index (χ3v) is 15.0. The number of rotatable bonds is 11. The minimum atomic E-state index is -4.91. The second kappa shape index (κ2) is 16.4. The minimum absolute atomic E-state index is 0.0387. The summed E-state index contributed by atoms with van der Waals surface area (Å²) in [6.07, 6.45) is -2.75. The topological polar surface area (TPSA) is 194 Å². The number of hydrogen-bond acceptors (Lipinski definition) is 10. The van der Waals surface area contributed by atoms with Crippen molar-refractivity contribution < 1.29 is 64.5 Å². The molecule has 2 aliphatic heterocycles. The van der Waals surface area contributed by atoms with Crippen molar-refractivity contribution in [2.75, 3.05) is 20.8 Å². The first kappa shape index (κ1) is 45.6. The Bertz CT molecular complexity index is 2190. The van der Waals surface area contributed by atoms with Crippen LogP contribution < -0.4 is 24.2 Å². The lowest BCUT2D eigenvalue weighted by atomic mass is 9.84. The van der Waals surface area contributed by atoms with Crippen molar-refractivity contribution in [1.29, 1.82) is 0 Å². The first-order valence-electron chi connectivity index (χ1n) is 20.2. The first-order valence-corrected chi connectivity index (χ1v) is 21.6. The van der Waals surface area contributed by atoms with Gasteiger partial charge in [-0.05, 0) is 87.8 Å². The Morgan fingerprint density at radius 3 is 2.36 bits per heavy atom. The number of benzene rings is 1. The predicted octanol–water partition coefficient (Wildman–Crippen LogP) is 5.51. The van der Waals surface area contributed by atoms with Crippen LogP contribution in [-0.2, 0) is 24.4 Å². The van der Waals surface area contributed by atoms with E-state index in [1.165, 1.54) is 14.2 Å². The largest absolute Gasteiger partial charge is 0.497 e. The molecule has 3 N–H and O–H groups in total. The van der Waals surface area contributed by atoms with Gasteiger partial charge in [0.1, 0.15) is 35.0 Å². The van der Waals surface area contributed by atoms with Gasteiger partial charge in [0.05, 0.1) is 20.8 Å². The van der Waals surface area contributed by atoms with Crippen molar-refractivity contribution in [3.8, 4) is 17.5 Å². The summed E-state index contributed by atoms with van der Waals surface area (Å²) in [5, 5.41) is 14.4. The summed E-state index contributed by atoms with van der Waals surface area (Å²) in [6.45, 7) is 5.66. The van der Waals surface area contributed by atoms with Crippen LogP contribution in [0.15, 0.2) is 36.4 Å². The van der Waals surface area contributed by atoms with Gasteiger partial charge in [0, 0.05) is 30.7 Å². The number of hydrogen-bond donors (Lipinski definition) is 3. The Morgan fingerprint density at radius 1 is 1.08 bits per heavy atom. The van der Waals surface area contributed by atoms with Crippen LogP contribution in [0.3, 0.4) is 0 Å². The smallest absolute Gasteiger partial charge is 0.408 e. The number of carbonyl (C=O) groups is 4. The normalized spacial score (nSPS) is 28.2. The number of alkyl halides is 4. The van der Waals surface area contributed by atoms with Gasteiger partial charge >= 0.3 is 6.09 Å². The fourth-order valence-electron chi connectivity index (χ4n) is 8.58. The molecule has 2 aromatic rings. The third-order valence-electron chi connectivity index (χ3n) is 12.9. The highest BCUT2D eigenvalue weighted by atomic mass is 32.2. The molecular formula is C41H53F4N5O10S. The van der Waals surface area contributed by atoms with Crippen molar-refractivity contribution in [3.63, 3.8) is 0 Å². The molecule has 2 aliphatic carbocycles. The SMILES string of the molecule is COc1ccc2c(O[C@@H]3C[C@H]4C(=O)N[C@]5(C(=O)NS(=O)(=O)C6(C(F)F)CC6)C[C@H]5C=CCC[C@@H](C)C[C@@H](C)[C@H](N(C(=O)O)C(C)(C)C(C)(F)F)C(=O)N4C3)nc(OC)cc2c1. The quantitative estimate of drug-likeness (QED) is 0.190. The van der Waals surface area contributed by atoms with Crippen LogP contribution in [0.4, 0.5) is 22.4 Å². The summed E-state index contributed by atoms with van der Waals surface area (Å²) in [5.41, 5.74) is -4.37. The number of sulfonamides is 1. The van der Waals surface area contributed by atoms with Gasteiger partial charge in [-0.15, -0.1) is 0 Å². The van der Waals surface area contributed by atoms with Crippen molar-refractivity contribution in [2.45, 2.75) is 126 Å². The van der Waals surface area contributed by atoms with E-state index < -0.39 is 92.0 Å². The third kappa shape index (κ3) is 8.52. The molecule has 0 spiro atoms. The van der Waals surface area contributed by atoms with Crippen LogP contribution >= 0.6 is 0 Å². The van der Waals surface area contributed by atoms with Crippen LogP contribution in [-0.4, -0.2) is 119 Å². The average Bonchev–Trinajstić information content (AvgIpc) is 4.09. The highest BCUT2D eigenvalue weighted by Crippen LogP contribution is 2.50. The van der Waals surface area contributed by atoms with E-state index in [2.05, 4.69) is 10.3 Å². The number of carboxylic acid groups (broad SMARTS) is 1.